The van der Waals surface area contributed by atoms with E-state index in [0.717, 1.165) is 5.56 Å². The van der Waals surface area contributed by atoms with Gasteiger partial charge in [0.15, 0.2) is 11.5 Å². The van der Waals surface area contributed by atoms with Crippen LogP contribution in [0.3, 0.4) is 0 Å². The lowest BCUT2D eigenvalue weighted by Gasteiger charge is -2.15. The number of methoxy groups -OCH3 is 1. The summed E-state index contributed by atoms with van der Waals surface area (Å²) in [7, 11) is 1.56. The molecule has 0 aliphatic rings. The summed E-state index contributed by atoms with van der Waals surface area (Å²) in [6, 6.07) is 11.2. The van der Waals surface area contributed by atoms with Gasteiger partial charge >= 0.3 is 6.03 Å². The first kappa shape index (κ1) is 16.5. The van der Waals surface area contributed by atoms with Gasteiger partial charge in [-0.05, 0) is 43.2 Å². The minimum Gasteiger partial charge on any atom is -0.504 e. The number of phenolic OH excluding ortho intramolecular Hbond substituents is 2. The Balaban J connectivity index is 1.90. The van der Waals surface area contributed by atoms with Crippen LogP contribution in [0, 0.1) is 0 Å². The topological polar surface area (TPSA) is 90.8 Å². The fourth-order valence-electron chi connectivity index (χ4n) is 2.19. The summed E-state index contributed by atoms with van der Waals surface area (Å²) in [5, 5.41) is 24.3. The normalized spacial score (nSPS) is 11.6. The summed E-state index contributed by atoms with van der Waals surface area (Å²) < 4.78 is 5.10. The number of rotatable bonds is 5. The molecule has 4 N–H and O–H groups in total. The lowest BCUT2D eigenvalue weighted by Crippen LogP contribution is -2.37. The van der Waals surface area contributed by atoms with Gasteiger partial charge in [-0.25, -0.2) is 4.79 Å². The van der Waals surface area contributed by atoms with Gasteiger partial charge in [0, 0.05) is 17.8 Å². The second kappa shape index (κ2) is 7.40. The molecule has 0 aliphatic carbocycles. The zero-order valence-corrected chi connectivity index (χ0v) is 13.0. The van der Waals surface area contributed by atoms with E-state index in [-0.39, 0.29) is 23.6 Å². The van der Waals surface area contributed by atoms with Gasteiger partial charge in [-0.3, -0.25) is 0 Å². The molecular formula is C17H20N2O4. The molecule has 6 heteroatoms. The molecule has 122 valence electrons. The van der Waals surface area contributed by atoms with Crippen LogP contribution in [0.2, 0.25) is 0 Å². The van der Waals surface area contributed by atoms with Crippen molar-refractivity contribution in [3.63, 3.8) is 0 Å². The van der Waals surface area contributed by atoms with E-state index in [1.807, 2.05) is 6.92 Å². The molecule has 0 heterocycles. The lowest BCUT2D eigenvalue weighted by atomic mass is 10.1. The van der Waals surface area contributed by atoms with Crippen LogP contribution in [0.5, 0.6) is 17.2 Å². The summed E-state index contributed by atoms with van der Waals surface area (Å²) >= 11 is 0. The third-order valence-corrected chi connectivity index (χ3v) is 3.29. The number of carbonyl (C=O) groups is 1. The molecule has 0 saturated heterocycles. The molecule has 2 aromatic rings. The lowest BCUT2D eigenvalue weighted by molar-refractivity contribution is 0.249. The van der Waals surface area contributed by atoms with Crippen molar-refractivity contribution in [2.24, 2.45) is 0 Å². The molecule has 0 bridgehead atoms. The van der Waals surface area contributed by atoms with Gasteiger partial charge in [-0.2, -0.15) is 0 Å². The van der Waals surface area contributed by atoms with Gasteiger partial charge in [0.05, 0.1) is 7.11 Å². The average molecular weight is 316 g/mol. The molecule has 0 radical (unpaired) electrons. The Morgan fingerprint density at radius 1 is 1.17 bits per heavy atom. The summed E-state index contributed by atoms with van der Waals surface area (Å²) in [5.74, 6) is 0.330. The number of hydrogen-bond acceptors (Lipinski definition) is 4. The largest absolute Gasteiger partial charge is 0.504 e. The molecular weight excluding hydrogens is 296 g/mol. The van der Waals surface area contributed by atoms with Gasteiger partial charge in [0.1, 0.15) is 5.75 Å². The van der Waals surface area contributed by atoms with Gasteiger partial charge in [0.2, 0.25) is 0 Å². The Morgan fingerprint density at radius 3 is 2.65 bits per heavy atom. The second-order valence-corrected chi connectivity index (χ2v) is 5.26. The first-order valence-electron chi connectivity index (χ1n) is 7.20. The standard InChI is InChI=1S/C17H20N2O4/c1-11(8-12-6-7-15(20)16(21)9-12)18-17(22)19-13-4-3-5-14(10-13)23-2/h3-7,9-11,20-21H,8H2,1-2H3,(H2,18,19,22). The molecule has 6 nitrogen and oxygen atoms in total. The van der Waals surface area contributed by atoms with Crippen molar-refractivity contribution in [1.29, 1.82) is 0 Å². The highest BCUT2D eigenvalue weighted by Gasteiger charge is 2.10. The monoisotopic (exact) mass is 316 g/mol. The summed E-state index contributed by atoms with van der Waals surface area (Å²) in [6.45, 7) is 1.86. The van der Waals surface area contributed by atoms with Crippen LogP contribution in [-0.2, 0) is 6.42 Å². The Labute approximate surface area is 134 Å². The predicted octanol–water partition coefficient (Wildman–Crippen LogP) is 2.86. The fraction of sp³-hybridized carbons (Fsp3) is 0.235. The van der Waals surface area contributed by atoms with Crippen LogP contribution >= 0.6 is 0 Å². The molecule has 0 aliphatic heterocycles. The molecule has 0 aromatic heterocycles. The average Bonchev–Trinajstić information content (AvgIpc) is 2.51. The Kier molecular flexibility index (Phi) is 5.30. The number of amides is 2. The third kappa shape index (κ3) is 4.81. The minimum atomic E-state index is -0.325. The first-order valence-corrected chi connectivity index (χ1v) is 7.20. The Hall–Kier alpha value is -2.89. The maximum atomic E-state index is 12.0. The van der Waals surface area contributed by atoms with E-state index in [4.69, 9.17) is 4.74 Å². The van der Waals surface area contributed by atoms with E-state index in [2.05, 4.69) is 10.6 Å². The molecule has 1 atom stereocenters. The fourth-order valence-corrected chi connectivity index (χ4v) is 2.19. The van der Waals surface area contributed by atoms with Crippen molar-refractivity contribution in [3.8, 4) is 17.2 Å². The van der Waals surface area contributed by atoms with E-state index in [9.17, 15) is 15.0 Å². The van der Waals surface area contributed by atoms with Crippen molar-refractivity contribution < 1.29 is 19.7 Å². The number of urea groups is 1. The molecule has 0 spiro atoms. The molecule has 2 aromatic carbocycles. The van der Waals surface area contributed by atoms with E-state index < -0.39 is 0 Å². The van der Waals surface area contributed by atoms with Crippen LogP contribution < -0.4 is 15.4 Å². The van der Waals surface area contributed by atoms with Crippen LogP contribution in [0.1, 0.15) is 12.5 Å². The van der Waals surface area contributed by atoms with E-state index in [0.29, 0.717) is 17.9 Å². The van der Waals surface area contributed by atoms with Crippen LogP contribution in [0.25, 0.3) is 0 Å². The van der Waals surface area contributed by atoms with Gasteiger partial charge in [-0.1, -0.05) is 12.1 Å². The molecule has 2 amide bonds. The van der Waals surface area contributed by atoms with Crippen LogP contribution in [0.15, 0.2) is 42.5 Å². The van der Waals surface area contributed by atoms with Crippen molar-refractivity contribution >= 4 is 11.7 Å². The highest BCUT2D eigenvalue weighted by Crippen LogP contribution is 2.25. The Bertz CT molecular complexity index is 688. The number of ether oxygens (including phenoxy) is 1. The summed E-state index contributed by atoms with van der Waals surface area (Å²) in [4.78, 5) is 12.0. The maximum absolute atomic E-state index is 12.0. The molecule has 2 rings (SSSR count). The van der Waals surface area contributed by atoms with Gasteiger partial charge in [-0.15, -0.1) is 0 Å². The number of hydrogen-bond donors (Lipinski definition) is 4. The highest BCUT2D eigenvalue weighted by molar-refractivity contribution is 5.89. The molecule has 23 heavy (non-hydrogen) atoms. The smallest absolute Gasteiger partial charge is 0.319 e. The van der Waals surface area contributed by atoms with Crippen LogP contribution in [-0.4, -0.2) is 29.4 Å². The number of nitrogens with one attached hydrogen (secondary N) is 2. The third-order valence-electron chi connectivity index (χ3n) is 3.29. The second-order valence-electron chi connectivity index (χ2n) is 5.26. The molecule has 0 fully saturated rings. The van der Waals surface area contributed by atoms with E-state index >= 15 is 0 Å². The number of aromatic hydroxyl groups is 2. The highest BCUT2D eigenvalue weighted by atomic mass is 16.5. The summed E-state index contributed by atoms with van der Waals surface area (Å²) in [5.41, 5.74) is 1.45. The predicted molar refractivity (Wildman–Crippen MR) is 88.1 cm³/mol. The van der Waals surface area contributed by atoms with Crippen molar-refractivity contribution in [3.05, 3.63) is 48.0 Å². The summed E-state index contributed by atoms with van der Waals surface area (Å²) in [6.07, 6.45) is 0.527. The van der Waals surface area contributed by atoms with Crippen molar-refractivity contribution in [2.75, 3.05) is 12.4 Å². The number of phenols is 2. The van der Waals surface area contributed by atoms with Gasteiger partial charge in [0.25, 0.3) is 0 Å². The molecule has 1 unspecified atom stereocenters. The van der Waals surface area contributed by atoms with Crippen molar-refractivity contribution in [2.45, 2.75) is 19.4 Å². The van der Waals surface area contributed by atoms with Gasteiger partial charge < -0.3 is 25.6 Å². The zero-order valence-electron chi connectivity index (χ0n) is 13.0. The molecule has 0 saturated carbocycles. The number of carbonyl (C=O) groups excluding carboxylic acids is 1. The zero-order chi connectivity index (χ0) is 16.8. The number of anilines is 1. The van der Waals surface area contributed by atoms with Crippen LogP contribution in [0.4, 0.5) is 10.5 Å². The first-order chi connectivity index (χ1) is 11.0. The van der Waals surface area contributed by atoms with E-state index in [1.54, 1.807) is 37.4 Å². The quantitative estimate of drug-likeness (QED) is 0.638. The SMILES string of the molecule is COc1cccc(NC(=O)NC(C)Cc2ccc(O)c(O)c2)c1. The number of benzene rings is 2. The maximum Gasteiger partial charge on any atom is 0.319 e. The van der Waals surface area contributed by atoms with Crippen molar-refractivity contribution in [1.82, 2.24) is 5.32 Å². The van der Waals surface area contributed by atoms with E-state index in [1.165, 1.54) is 12.1 Å². The Morgan fingerprint density at radius 2 is 1.96 bits per heavy atom. The minimum absolute atomic E-state index is 0.149.